The summed E-state index contributed by atoms with van der Waals surface area (Å²) in [6.07, 6.45) is 0.537. The maximum atomic E-state index is 12.2. The normalized spacial score (nSPS) is 13.5. The van der Waals surface area contributed by atoms with Gasteiger partial charge in [-0.05, 0) is 30.5 Å². The fraction of sp³-hybridized carbons (Fsp3) is 0.235. The maximum Gasteiger partial charge on any atom is 0.237 e. The van der Waals surface area contributed by atoms with Gasteiger partial charge < -0.3 is 11.1 Å². The van der Waals surface area contributed by atoms with E-state index in [1.54, 1.807) is 0 Å². The van der Waals surface area contributed by atoms with Crippen LogP contribution in [-0.4, -0.2) is 11.9 Å². The number of hydrogen-bond donors (Lipinski definition) is 2. The Morgan fingerprint density at radius 1 is 1.14 bits per heavy atom. The highest BCUT2D eigenvalue weighted by molar-refractivity contribution is 9.10. The summed E-state index contributed by atoms with van der Waals surface area (Å²) in [5.74, 6) is -0.137. The van der Waals surface area contributed by atoms with Gasteiger partial charge in [0.05, 0.1) is 12.1 Å². The van der Waals surface area contributed by atoms with E-state index in [1.165, 1.54) is 0 Å². The number of halogens is 1. The largest absolute Gasteiger partial charge is 0.348 e. The smallest absolute Gasteiger partial charge is 0.237 e. The number of benzene rings is 2. The Bertz CT molecular complexity index is 601. The second-order valence-electron chi connectivity index (χ2n) is 5.05. The van der Waals surface area contributed by atoms with E-state index >= 15 is 0 Å². The van der Waals surface area contributed by atoms with E-state index in [-0.39, 0.29) is 11.9 Å². The molecule has 0 fully saturated rings. The van der Waals surface area contributed by atoms with Gasteiger partial charge in [0.15, 0.2) is 0 Å². The first kappa shape index (κ1) is 15.7. The highest BCUT2D eigenvalue weighted by Crippen LogP contribution is 2.22. The van der Waals surface area contributed by atoms with Crippen molar-refractivity contribution in [3.63, 3.8) is 0 Å². The SMILES string of the molecule is C[C@@H](NC(=O)C(N)Cc1ccccc1)c1ccccc1Br. The minimum atomic E-state index is -0.544. The Hall–Kier alpha value is -1.65. The zero-order chi connectivity index (χ0) is 15.2. The van der Waals surface area contributed by atoms with Crippen LogP contribution in [0.25, 0.3) is 0 Å². The van der Waals surface area contributed by atoms with Crippen molar-refractivity contribution in [3.05, 3.63) is 70.2 Å². The minimum absolute atomic E-state index is 0.0881. The molecule has 21 heavy (non-hydrogen) atoms. The summed E-state index contributed by atoms with van der Waals surface area (Å²) in [5.41, 5.74) is 8.09. The second kappa shape index (κ2) is 7.38. The van der Waals surface area contributed by atoms with E-state index in [4.69, 9.17) is 5.73 Å². The lowest BCUT2D eigenvalue weighted by Crippen LogP contribution is -2.43. The van der Waals surface area contributed by atoms with E-state index in [1.807, 2.05) is 61.5 Å². The third-order valence-electron chi connectivity index (χ3n) is 3.37. The van der Waals surface area contributed by atoms with Crippen molar-refractivity contribution < 1.29 is 4.79 Å². The first-order valence-corrected chi connectivity index (χ1v) is 7.71. The third kappa shape index (κ3) is 4.41. The zero-order valence-corrected chi connectivity index (χ0v) is 13.5. The zero-order valence-electron chi connectivity index (χ0n) is 11.9. The van der Waals surface area contributed by atoms with Crippen LogP contribution in [0.5, 0.6) is 0 Å². The second-order valence-corrected chi connectivity index (χ2v) is 5.90. The van der Waals surface area contributed by atoms with Gasteiger partial charge in [0.25, 0.3) is 0 Å². The van der Waals surface area contributed by atoms with Crippen molar-refractivity contribution in [3.8, 4) is 0 Å². The van der Waals surface area contributed by atoms with Crippen molar-refractivity contribution in [1.82, 2.24) is 5.32 Å². The van der Waals surface area contributed by atoms with Gasteiger partial charge in [-0.15, -0.1) is 0 Å². The van der Waals surface area contributed by atoms with Gasteiger partial charge in [-0.3, -0.25) is 4.79 Å². The van der Waals surface area contributed by atoms with Crippen LogP contribution >= 0.6 is 15.9 Å². The standard InChI is InChI=1S/C17H19BrN2O/c1-12(14-9-5-6-10-15(14)18)20-17(21)16(19)11-13-7-3-2-4-8-13/h2-10,12,16H,11,19H2,1H3,(H,20,21)/t12-,16?/m1/s1. The monoisotopic (exact) mass is 346 g/mol. The van der Waals surface area contributed by atoms with Gasteiger partial charge >= 0.3 is 0 Å². The van der Waals surface area contributed by atoms with Crippen molar-refractivity contribution in [2.45, 2.75) is 25.4 Å². The van der Waals surface area contributed by atoms with Crippen LogP contribution < -0.4 is 11.1 Å². The van der Waals surface area contributed by atoms with E-state index in [9.17, 15) is 4.79 Å². The summed E-state index contributed by atoms with van der Waals surface area (Å²) >= 11 is 3.50. The van der Waals surface area contributed by atoms with Crippen molar-refractivity contribution in [2.75, 3.05) is 0 Å². The molecule has 0 aromatic heterocycles. The average molecular weight is 347 g/mol. The van der Waals surface area contributed by atoms with Crippen LogP contribution in [-0.2, 0) is 11.2 Å². The molecule has 2 aromatic carbocycles. The van der Waals surface area contributed by atoms with Gasteiger partial charge in [0, 0.05) is 4.47 Å². The molecule has 0 aliphatic carbocycles. The van der Waals surface area contributed by atoms with Crippen molar-refractivity contribution in [1.29, 1.82) is 0 Å². The number of nitrogens with two attached hydrogens (primary N) is 1. The lowest BCUT2D eigenvalue weighted by molar-refractivity contribution is -0.123. The molecule has 0 radical (unpaired) electrons. The molecule has 2 atom stereocenters. The molecule has 0 bridgehead atoms. The third-order valence-corrected chi connectivity index (χ3v) is 4.09. The Morgan fingerprint density at radius 2 is 1.76 bits per heavy atom. The minimum Gasteiger partial charge on any atom is -0.348 e. The van der Waals surface area contributed by atoms with Gasteiger partial charge in [-0.25, -0.2) is 0 Å². The summed E-state index contributed by atoms with van der Waals surface area (Å²) in [6, 6.07) is 17.0. The van der Waals surface area contributed by atoms with Crippen LogP contribution in [0.15, 0.2) is 59.1 Å². The van der Waals surface area contributed by atoms with E-state index < -0.39 is 6.04 Å². The summed E-state index contributed by atoms with van der Waals surface area (Å²) in [4.78, 5) is 12.2. The van der Waals surface area contributed by atoms with Crippen molar-refractivity contribution >= 4 is 21.8 Å². The molecule has 0 saturated heterocycles. The number of carbonyl (C=O) groups excluding carboxylic acids is 1. The first-order valence-electron chi connectivity index (χ1n) is 6.92. The van der Waals surface area contributed by atoms with Crippen molar-refractivity contribution in [2.24, 2.45) is 5.73 Å². The summed E-state index contributed by atoms with van der Waals surface area (Å²) in [6.45, 7) is 1.95. The van der Waals surface area contributed by atoms with Gasteiger partial charge in [0.1, 0.15) is 0 Å². The van der Waals surface area contributed by atoms with Gasteiger partial charge in [-0.1, -0.05) is 64.5 Å². The van der Waals surface area contributed by atoms with Crippen LogP contribution in [0.2, 0.25) is 0 Å². The first-order chi connectivity index (χ1) is 10.1. The molecule has 4 heteroatoms. The van der Waals surface area contributed by atoms with E-state index in [2.05, 4.69) is 21.2 Å². The Balaban J connectivity index is 1.96. The predicted molar refractivity (Wildman–Crippen MR) is 88.8 cm³/mol. The summed E-state index contributed by atoms with van der Waals surface area (Å²) in [7, 11) is 0. The highest BCUT2D eigenvalue weighted by atomic mass is 79.9. The molecular formula is C17H19BrN2O. The lowest BCUT2D eigenvalue weighted by atomic mass is 10.0. The number of rotatable bonds is 5. The van der Waals surface area contributed by atoms with Crippen LogP contribution in [0.4, 0.5) is 0 Å². The predicted octanol–water partition coefficient (Wildman–Crippen LogP) is 3.20. The summed E-state index contributed by atoms with van der Waals surface area (Å²) in [5, 5.41) is 2.96. The topological polar surface area (TPSA) is 55.1 Å². The molecule has 0 saturated carbocycles. The summed E-state index contributed by atoms with van der Waals surface area (Å²) < 4.78 is 0.981. The van der Waals surface area contributed by atoms with E-state index in [0.29, 0.717) is 6.42 Å². The highest BCUT2D eigenvalue weighted by Gasteiger charge is 2.18. The molecule has 110 valence electrons. The Labute approximate surface area is 133 Å². The quantitative estimate of drug-likeness (QED) is 0.873. The number of nitrogens with one attached hydrogen (secondary N) is 1. The molecule has 2 aromatic rings. The Morgan fingerprint density at radius 3 is 2.43 bits per heavy atom. The average Bonchev–Trinajstić information content (AvgIpc) is 2.48. The Kier molecular flexibility index (Phi) is 5.53. The molecule has 0 spiro atoms. The van der Waals surface area contributed by atoms with Crippen LogP contribution in [0, 0.1) is 0 Å². The van der Waals surface area contributed by atoms with Crippen LogP contribution in [0.1, 0.15) is 24.1 Å². The van der Waals surface area contributed by atoms with E-state index in [0.717, 1.165) is 15.6 Å². The van der Waals surface area contributed by atoms with Crippen LogP contribution in [0.3, 0.4) is 0 Å². The maximum absolute atomic E-state index is 12.2. The molecule has 1 unspecified atom stereocenters. The lowest BCUT2D eigenvalue weighted by Gasteiger charge is -2.19. The molecular weight excluding hydrogens is 328 g/mol. The fourth-order valence-corrected chi connectivity index (χ4v) is 2.81. The molecule has 0 aliphatic heterocycles. The molecule has 0 aliphatic rings. The molecule has 1 amide bonds. The molecule has 2 rings (SSSR count). The van der Waals surface area contributed by atoms with Gasteiger partial charge in [0.2, 0.25) is 5.91 Å². The number of hydrogen-bond acceptors (Lipinski definition) is 2. The number of carbonyl (C=O) groups is 1. The fourth-order valence-electron chi connectivity index (χ4n) is 2.19. The van der Waals surface area contributed by atoms with Gasteiger partial charge in [-0.2, -0.15) is 0 Å². The number of amides is 1. The molecule has 3 nitrogen and oxygen atoms in total. The molecule has 0 heterocycles. The molecule has 3 N–H and O–H groups in total.